The van der Waals surface area contributed by atoms with Crippen LogP contribution in [0.3, 0.4) is 0 Å². The molecule has 0 saturated carbocycles. The van der Waals surface area contributed by atoms with Gasteiger partial charge in [0.05, 0.1) is 0 Å². The molecule has 2 aromatic carbocycles. The summed E-state index contributed by atoms with van der Waals surface area (Å²) < 4.78 is 107. The summed E-state index contributed by atoms with van der Waals surface area (Å²) in [7, 11) is -3.82. The second kappa shape index (κ2) is 10.1. The molecule has 0 spiro atoms. The van der Waals surface area contributed by atoms with Crippen molar-refractivity contribution in [2.75, 3.05) is 24.5 Å². The number of hydrogen-bond donors (Lipinski definition) is 2. The first kappa shape index (κ1) is 28.2. The van der Waals surface area contributed by atoms with Crippen molar-refractivity contribution in [3.05, 3.63) is 77.2 Å². The van der Waals surface area contributed by atoms with E-state index in [0.717, 1.165) is 23.5 Å². The van der Waals surface area contributed by atoms with E-state index in [0.29, 0.717) is 17.7 Å². The number of piperazine rings is 1. The zero-order valence-electron chi connectivity index (χ0n) is 19.4. The smallest absolute Gasteiger partial charge is 0.430 e. The predicted octanol–water partition coefficient (Wildman–Crippen LogP) is 4.89. The summed E-state index contributed by atoms with van der Waals surface area (Å²) in [6.45, 7) is 0.0937. The van der Waals surface area contributed by atoms with Crippen molar-refractivity contribution >= 4 is 27.0 Å². The highest BCUT2D eigenvalue weighted by molar-refractivity contribution is 7.91. The monoisotopic (exact) mass is 580 g/mol. The molecule has 4 rings (SSSR count). The quantitative estimate of drug-likeness (QED) is 0.406. The number of thiophene rings is 1. The third-order valence-corrected chi connectivity index (χ3v) is 9.59. The molecule has 0 unspecified atom stereocenters. The summed E-state index contributed by atoms with van der Waals surface area (Å²) >= 11 is 1.05. The van der Waals surface area contributed by atoms with Crippen LogP contribution < -0.4 is 4.90 Å². The number of hydrogen-bond acceptors (Lipinski definition) is 6. The Hall–Kier alpha value is -2.81. The lowest BCUT2D eigenvalue weighted by molar-refractivity contribution is -0.376. The lowest BCUT2D eigenvalue weighted by Gasteiger charge is -2.42. The van der Waals surface area contributed by atoms with Gasteiger partial charge >= 0.3 is 12.4 Å². The van der Waals surface area contributed by atoms with E-state index in [2.05, 4.69) is 0 Å². The van der Waals surface area contributed by atoms with Gasteiger partial charge in [-0.2, -0.15) is 30.6 Å². The van der Waals surface area contributed by atoms with Crippen LogP contribution in [0.15, 0.2) is 70.3 Å². The molecule has 206 valence electrons. The first-order valence-electron chi connectivity index (χ1n) is 11.2. The summed E-state index contributed by atoms with van der Waals surface area (Å²) in [5.41, 5.74) is -5.54. The number of alkyl halides is 6. The first-order chi connectivity index (χ1) is 17.6. The Morgan fingerprint density at radius 1 is 0.921 bits per heavy atom. The molecular weight excluding hydrogens is 558 g/mol. The third-order valence-electron chi connectivity index (χ3n) is 6.35. The van der Waals surface area contributed by atoms with Gasteiger partial charge in [-0.05, 0) is 47.7 Å². The fourth-order valence-corrected chi connectivity index (χ4v) is 7.05. The molecule has 1 aliphatic heterocycles. The number of anilines is 1. The SMILES string of the molecule is O=S(=O)(c1cccs1)N1CCN(c2ccc(C(O)(C(F)(F)F)C(F)(F)F)cc2)[C@H](Cc2cccc(O)c2)C1. The summed E-state index contributed by atoms with van der Waals surface area (Å²) in [6, 6.07) is 12.0. The molecular formula is C24H22F6N2O4S2. The Balaban J connectivity index is 1.67. The van der Waals surface area contributed by atoms with Crippen molar-refractivity contribution in [2.24, 2.45) is 0 Å². The molecule has 1 saturated heterocycles. The molecule has 2 heterocycles. The van der Waals surface area contributed by atoms with Crippen molar-refractivity contribution in [1.82, 2.24) is 4.31 Å². The zero-order chi connectivity index (χ0) is 27.9. The van der Waals surface area contributed by atoms with E-state index in [9.17, 15) is 45.0 Å². The standard InChI is InChI=1S/C24H22F6N2O4S2/c25-23(26,27)22(34,24(28,29)30)17-6-8-18(9-7-17)32-11-10-31(38(35,36)21-5-2-12-37-21)15-19(32)13-16-3-1-4-20(33)14-16/h1-9,12,14,19,33-34H,10-11,13,15H2/t19-/m1/s1. The fraction of sp³-hybridized carbons (Fsp3) is 0.333. The number of aromatic hydroxyl groups is 1. The van der Waals surface area contributed by atoms with Crippen LogP contribution in [0.4, 0.5) is 32.0 Å². The highest BCUT2D eigenvalue weighted by atomic mass is 32.2. The molecule has 14 heteroatoms. The van der Waals surface area contributed by atoms with E-state index >= 15 is 0 Å². The van der Waals surface area contributed by atoms with Gasteiger partial charge in [-0.3, -0.25) is 0 Å². The van der Waals surface area contributed by atoms with Gasteiger partial charge in [-0.1, -0.05) is 30.3 Å². The van der Waals surface area contributed by atoms with Gasteiger partial charge in [0.15, 0.2) is 0 Å². The molecule has 2 N–H and O–H groups in total. The number of rotatable bonds is 6. The van der Waals surface area contributed by atoms with Crippen LogP contribution in [0.2, 0.25) is 0 Å². The van der Waals surface area contributed by atoms with E-state index in [-0.39, 0.29) is 41.7 Å². The van der Waals surface area contributed by atoms with Crippen molar-refractivity contribution in [1.29, 1.82) is 0 Å². The van der Waals surface area contributed by atoms with Gasteiger partial charge in [0.2, 0.25) is 0 Å². The summed E-state index contributed by atoms with van der Waals surface area (Å²) in [5, 5.41) is 21.2. The number of halogens is 6. The van der Waals surface area contributed by atoms with Crippen molar-refractivity contribution < 1.29 is 45.0 Å². The van der Waals surface area contributed by atoms with E-state index in [1.54, 1.807) is 28.5 Å². The lowest BCUT2D eigenvalue weighted by Crippen LogP contribution is -2.55. The van der Waals surface area contributed by atoms with E-state index in [1.165, 1.54) is 22.5 Å². The van der Waals surface area contributed by atoms with Gasteiger partial charge in [-0.25, -0.2) is 8.42 Å². The molecule has 1 atom stereocenters. The van der Waals surface area contributed by atoms with E-state index in [1.807, 2.05) is 0 Å². The maximum atomic E-state index is 13.3. The predicted molar refractivity (Wildman–Crippen MR) is 128 cm³/mol. The van der Waals surface area contributed by atoms with Crippen LogP contribution >= 0.6 is 11.3 Å². The highest BCUT2D eigenvalue weighted by Gasteiger charge is 2.71. The van der Waals surface area contributed by atoms with Crippen LogP contribution in [0.25, 0.3) is 0 Å². The topological polar surface area (TPSA) is 81.1 Å². The normalized spacial score (nSPS) is 18.1. The van der Waals surface area contributed by atoms with E-state index < -0.39 is 39.6 Å². The fourth-order valence-electron chi connectivity index (χ4n) is 4.43. The van der Waals surface area contributed by atoms with Crippen LogP contribution in [0.1, 0.15) is 11.1 Å². The second-order valence-corrected chi connectivity index (χ2v) is 11.9. The minimum atomic E-state index is -6.01. The van der Waals surface area contributed by atoms with Gasteiger partial charge in [0.1, 0.15) is 9.96 Å². The average molecular weight is 581 g/mol. The van der Waals surface area contributed by atoms with Crippen LogP contribution in [-0.4, -0.2) is 61.0 Å². The Morgan fingerprint density at radius 3 is 2.13 bits per heavy atom. The first-order valence-corrected chi connectivity index (χ1v) is 13.5. The van der Waals surface area contributed by atoms with Crippen LogP contribution in [0, 0.1) is 0 Å². The molecule has 1 fully saturated rings. The number of benzene rings is 2. The molecule has 0 radical (unpaired) electrons. The molecule has 0 amide bonds. The number of phenols is 1. The third kappa shape index (κ3) is 5.22. The molecule has 1 aliphatic rings. The van der Waals surface area contributed by atoms with Crippen molar-refractivity contribution in [3.8, 4) is 5.75 Å². The molecule has 38 heavy (non-hydrogen) atoms. The van der Waals surface area contributed by atoms with Crippen molar-refractivity contribution in [3.63, 3.8) is 0 Å². The van der Waals surface area contributed by atoms with Crippen LogP contribution in [-0.2, 0) is 22.0 Å². The van der Waals surface area contributed by atoms with E-state index in [4.69, 9.17) is 0 Å². The largest absolute Gasteiger partial charge is 0.508 e. The summed E-state index contributed by atoms with van der Waals surface area (Å²) in [4.78, 5) is 1.69. The summed E-state index contributed by atoms with van der Waals surface area (Å²) in [5.74, 6) is -0.0177. The number of nitrogens with zero attached hydrogens (tertiary/aromatic N) is 2. The summed E-state index contributed by atoms with van der Waals surface area (Å²) in [6.07, 6.45) is -11.8. The van der Waals surface area contributed by atoms with Gasteiger partial charge in [0, 0.05) is 36.9 Å². The maximum Gasteiger partial charge on any atom is 0.430 e. The maximum absolute atomic E-state index is 13.3. The number of sulfonamides is 1. The molecule has 6 nitrogen and oxygen atoms in total. The van der Waals surface area contributed by atoms with Crippen molar-refractivity contribution in [2.45, 2.75) is 34.6 Å². The minimum absolute atomic E-state index is 0.0177. The second-order valence-electron chi connectivity index (χ2n) is 8.77. The lowest BCUT2D eigenvalue weighted by atomic mass is 9.92. The molecule has 0 bridgehead atoms. The molecule has 1 aromatic heterocycles. The number of phenolic OH excluding ortho intramolecular Hbond substituents is 1. The van der Waals surface area contributed by atoms with Gasteiger partial charge in [-0.15, -0.1) is 11.3 Å². The Morgan fingerprint density at radius 2 is 1.58 bits per heavy atom. The molecule has 3 aromatic rings. The zero-order valence-corrected chi connectivity index (χ0v) is 21.1. The van der Waals surface area contributed by atoms with Gasteiger partial charge < -0.3 is 15.1 Å². The Kier molecular flexibility index (Phi) is 7.47. The molecule has 0 aliphatic carbocycles. The number of aliphatic hydroxyl groups is 1. The highest BCUT2D eigenvalue weighted by Crippen LogP contribution is 2.50. The minimum Gasteiger partial charge on any atom is -0.508 e. The van der Waals surface area contributed by atoms with Crippen LogP contribution in [0.5, 0.6) is 5.75 Å². The average Bonchev–Trinajstić information content (AvgIpc) is 3.38. The van der Waals surface area contributed by atoms with Gasteiger partial charge in [0.25, 0.3) is 15.6 Å². The Bertz CT molecular complexity index is 1350. The Labute approximate surface area is 218 Å².